The number of hydrogen-bond donors (Lipinski definition) is 1. The lowest BCUT2D eigenvalue weighted by Gasteiger charge is -2.26. The lowest BCUT2D eigenvalue weighted by Crippen LogP contribution is -2.46. The highest BCUT2D eigenvalue weighted by Gasteiger charge is 2.21. The quantitative estimate of drug-likeness (QED) is 0.940. The molecule has 5 nitrogen and oxygen atoms in total. The molecule has 1 aliphatic heterocycles. The summed E-state index contributed by atoms with van der Waals surface area (Å²) in [5, 5.41) is 4.06. The van der Waals surface area contributed by atoms with Gasteiger partial charge in [-0.25, -0.2) is 4.98 Å². The van der Waals surface area contributed by atoms with Crippen molar-refractivity contribution in [1.82, 2.24) is 15.2 Å². The van der Waals surface area contributed by atoms with E-state index in [1.54, 1.807) is 13.3 Å². The maximum atomic E-state index is 12.4. The molecule has 0 bridgehead atoms. The Labute approximate surface area is 127 Å². The molecule has 1 aromatic carbocycles. The van der Waals surface area contributed by atoms with E-state index in [1.807, 2.05) is 29.2 Å². The summed E-state index contributed by atoms with van der Waals surface area (Å²) in [6, 6.07) is 7.71. The first-order valence-electron chi connectivity index (χ1n) is 6.89. The van der Waals surface area contributed by atoms with Crippen LogP contribution in [0.5, 0.6) is 5.75 Å². The molecule has 3 rings (SSSR count). The number of amides is 1. The third kappa shape index (κ3) is 2.91. The second-order valence-corrected chi connectivity index (χ2v) is 5.80. The van der Waals surface area contributed by atoms with Gasteiger partial charge in [0, 0.05) is 26.2 Å². The van der Waals surface area contributed by atoms with Gasteiger partial charge in [0.15, 0.2) is 0 Å². The summed E-state index contributed by atoms with van der Waals surface area (Å²) in [5.74, 6) is 0.836. The van der Waals surface area contributed by atoms with E-state index in [0.717, 1.165) is 42.5 Å². The third-order valence-electron chi connectivity index (χ3n) is 3.46. The Morgan fingerprint density at radius 1 is 1.33 bits per heavy atom. The van der Waals surface area contributed by atoms with Crippen molar-refractivity contribution < 1.29 is 9.53 Å². The zero-order chi connectivity index (χ0) is 14.7. The second kappa shape index (κ2) is 6.24. The Morgan fingerprint density at radius 3 is 2.86 bits per heavy atom. The average molecular weight is 303 g/mol. The Bertz CT molecular complexity index is 635. The molecule has 1 fully saturated rings. The van der Waals surface area contributed by atoms with Gasteiger partial charge in [-0.2, -0.15) is 0 Å². The van der Waals surface area contributed by atoms with E-state index < -0.39 is 0 Å². The minimum absolute atomic E-state index is 0.0650. The molecule has 0 atom stereocenters. The number of para-hydroxylation sites is 1. The fraction of sp³-hybridized carbons (Fsp3) is 0.333. The maximum Gasteiger partial charge on any atom is 0.265 e. The first-order chi connectivity index (χ1) is 10.3. The number of methoxy groups -OCH3 is 1. The van der Waals surface area contributed by atoms with Crippen LogP contribution in [0.25, 0.3) is 10.6 Å². The third-order valence-corrected chi connectivity index (χ3v) is 4.48. The number of thiazole rings is 1. The second-order valence-electron chi connectivity index (χ2n) is 4.77. The van der Waals surface area contributed by atoms with Crippen LogP contribution in [0.15, 0.2) is 30.5 Å². The summed E-state index contributed by atoms with van der Waals surface area (Å²) in [6.45, 7) is 3.20. The van der Waals surface area contributed by atoms with Crippen LogP contribution in [0.3, 0.4) is 0 Å². The number of carbonyl (C=O) groups excluding carboxylic acids is 1. The molecule has 0 aliphatic carbocycles. The summed E-state index contributed by atoms with van der Waals surface area (Å²) in [6.07, 6.45) is 1.66. The smallest absolute Gasteiger partial charge is 0.265 e. The van der Waals surface area contributed by atoms with Gasteiger partial charge in [0.05, 0.1) is 18.9 Å². The molecule has 1 saturated heterocycles. The van der Waals surface area contributed by atoms with Crippen molar-refractivity contribution in [2.75, 3.05) is 33.3 Å². The van der Waals surface area contributed by atoms with Gasteiger partial charge in [-0.3, -0.25) is 4.79 Å². The Hall–Kier alpha value is -1.92. The number of piperazine rings is 1. The van der Waals surface area contributed by atoms with E-state index in [4.69, 9.17) is 4.74 Å². The van der Waals surface area contributed by atoms with E-state index in [-0.39, 0.29) is 5.91 Å². The van der Waals surface area contributed by atoms with Crippen molar-refractivity contribution in [3.05, 3.63) is 35.3 Å². The topological polar surface area (TPSA) is 54.5 Å². The highest BCUT2D eigenvalue weighted by atomic mass is 32.1. The minimum atomic E-state index is 0.0650. The molecule has 1 N–H and O–H groups in total. The summed E-state index contributed by atoms with van der Waals surface area (Å²) in [7, 11) is 1.64. The van der Waals surface area contributed by atoms with Crippen LogP contribution in [-0.2, 0) is 0 Å². The van der Waals surface area contributed by atoms with Gasteiger partial charge in [0.25, 0.3) is 5.91 Å². The lowest BCUT2D eigenvalue weighted by atomic mass is 10.2. The average Bonchev–Trinajstić information content (AvgIpc) is 3.04. The molecule has 1 aromatic heterocycles. The van der Waals surface area contributed by atoms with Gasteiger partial charge in [-0.05, 0) is 12.1 Å². The van der Waals surface area contributed by atoms with Crippen LogP contribution in [-0.4, -0.2) is 49.1 Å². The van der Waals surface area contributed by atoms with E-state index in [9.17, 15) is 4.79 Å². The number of aromatic nitrogens is 1. The van der Waals surface area contributed by atoms with Crippen molar-refractivity contribution in [2.45, 2.75) is 0 Å². The zero-order valence-corrected chi connectivity index (χ0v) is 12.7. The molecule has 0 saturated carbocycles. The molecule has 0 spiro atoms. The first kappa shape index (κ1) is 14.0. The molecule has 21 heavy (non-hydrogen) atoms. The standard InChI is InChI=1S/C15H17N3O2S/c1-20-12-5-3-2-4-11(12)14-17-10-13(21-14)15(19)18-8-6-16-7-9-18/h2-5,10,16H,6-9H2,1H3. The molecule has 0 unspecified atom stereocenters. The van der Waals surface area contributed by atoms with Crippen molar-refractivity contribution in [3.63, 3.8) is 0 Å². The molecule has 110 valence electrons. The van der Waals surface area contributed by atoms with Gasteiger partial charge in [-0.1, -0.05) is 12.1 Å². The Kier molecular flexibility index (Phi) is 4.17. The van der Waals surface area contributed by atoms with E-state index in [0.29, 0.717) is 4.88 Å². The molecule has 2 heterocycles. The maximum absolute atomic E-state index is 12.4. The van der Waals surface area contributed by atoms with Crippen LogP contribution < -0.4 is 10.1 Å². The predicted octanol–water partition coefficient (Wildman–Crippen LogP) is 1.86. The number of ether oxygens (including phenoxy) is 1. The molecule has 2 aromatic rings. The fourth-order valence-electron chi connectivity index (χ4n) is 2.34. The van der Waals surface area contributed by atoms with Crippen LogP contribution >= 0.6 is 11.3 Å². The van der Waals surface area contributed by atoms with Gasteiger partial charge in [-0.15, -0.1) is 11.3 Å². The summed E-state index contributed by atoms with van der Waals surface area (Å²) >= 11 is 1.41. The zero-order valence-electron chi connectivity index (χ0n) is 11.8. The molecule has 1 amide bonds. The highest BCUT2D eigenvalue weighted by molar-refractivity contribution is 7.16. The van der Waals surface area contributed by atoms with E-state index in [2.05, 4.69) is 10.3 Å². The number of nitrogens with zero attached hydrogens (tertiary/aromatic N) is 2. The Morgan fingerprint density at radius 2 is 2.10 bits per heavy atom. The monoisotopic (exact) mass is 303 g/mol. The van der Waals surface area contributed by atoms with E-state index >= 15 is 0 Å². The molecule has 1 aliphatic rings. The fourth-order valence-corrected chi connectivity index (χ4v) is 3.26. The predicted molar refractivity (Wildman–Crippen MR) is 82.9 cm³/mol. The lowest BCUT2D eigenvalue weighted by molar-refractivity contribution is 0.0740. The highest BCUT2D eigenvalue weighted by Crippen LogP contribution is 2.32. The summed E-state index contributed by atoms with van der Waals surface area (Å²) in [4.78, 5) is 19.4. The SMILES string of the molecule is COc1ccccc1-c1ncc(C(=O)N2CCNCC2)s1. The molecule has 0 radical (unpaired) electrons. The van der Waals surface area contributed by atoms with E-state index in [1.165, 1.54) is 11.3 Å². The molecular formula is C15H17N3O2S. The first-order valence-corrected chi connectivity index (χ1v) is 7.70. The number of nitrogens with one attached hydrogen (secondary N) is 1. The van der Waals surface area contributed by atoms with Crippen molar-refractivity contribution >= 4 is 17.2 Å². The van der Waals surface area contributed by atoms with Crippen molar-refractivity contribution in [1.29, 1.82) is 0 Å². The van der Waals surface area contributed by atoms with Crippen LogP contribution in [0.4, 0.5) is 0 Å². The summed E-state index contributed by atoms with van der Waals surface area (Å²) < 4.78 is 5.35. The van der Waals surface area contributed by atoms with Crippen molar-refractivity contribution in [3.8, 4) is 16.3 Å². The number of rotatable bonds is 3. The van der Waals surface area contributed by atoms with Gasteiger partial charge >= 0.3 is 0 Å². The number of benzene rings is 1. The van der Waals surface area contributed by atoms with Crippen LogP contribution in [0.1, 0.15) is 9.67 Å². The van der Waals surface area contributed by atoms with Crippen LogP contribution in [0, 0.1) is 0 Å². The van der Waals surface area contributed by atoms with Crippen molar-refractivity contribution in [2.24, 2.45) is 0 Å². The number of carbonyl (C=O) groups is 1. The normalized spacial score (nSPS) is 15.0. The summed E-state index contributed by atoms with van der Waals surface area (Å²) in [5.41, 5.74) is 0.921. The van der Waals surface area contributed by atoms with Crippen LogP contribution in [0.2, 0.25) is 0 Å². The van der Waals surface area contributed by atoms with Gasteiger partial charge in [0.1, 0.15) is 15.6 Å². The Balaban J connectivity index is 1.84. The molecule has 6 heteroatoms. The van der Waals surface area contributed by atoms with Gasteiger partial charge in [0.2, 0.25) is 0 Å². The van der Waals surface area contributed by atoms with Gasteiger partial charge < -0.3 is 15.0 Å². The number of hydrogen-bond acceptors (Lipinski definition) is 5. The largest absolute Gasteiger partial charge is 0.496 e. The minimum Gasteiger partial charge on any atom is -0.496 e. The molecular weight excluding hydrogens is 286 g/mol.